The lowest BCUT2D eigenvalue weighted by molar-refractivity contribution is 0.282. The van der Waals surface area contributed by atoms with E-state index in [-0.39, 0.29) is 15.6 Å². The molecule has 10 heavy (non-hydrogen) atoms. The summed E-state index contributed by atoms with van der Waals surface area (Å²) in [6, 6.07) is 0. The van der Waals surface area contributed by atoms with E-state index in [9.17, 15) is 0 Å². The average Bonchev–Trinajstić information content (AvgIpc) is 1.79. The molecule has 0 aromatic carbocycles. The highest BCUT2D eigenvalue weighted by Gasteiger charge is 1.99. The van der Waals surface area contributed by atoms with Crippen molar-refractivity contribution in [2.24, 2.45) is 11.8 Å². The van der Waals surface area contributed by atoms with Crippen molar-refractivity contribution in [1.82, 2.24) is 0 Å². The molecule has 0 spiro atoms. The maximum absolute atomic E-state index is 5.49. The Kier molecular flexibility index (Phi) is 6.52. The summed E-state index contributed by atoms with van der Waals surface area (Å²) >= 11 is 0.263. The second-order valence-electron chi connectivity index (χ2n) is 3.52. The van der Waals surface area contributed by atoms with Crippen LogP contribution in [0.15, 0.2) is 0 Å². The number of hydrogen-bond donors (Lipinski definition) is 0. The second-order valence-corrected chi connectivity index (χ2v) is 4.66. The first kappa shape index (κ1) is 10.5. The van der Waals surface area contributed by atoms with Gasteiger partial charge >= 0.3 is 15.6 Å². The third kappa shape index (κ3) is 8.49. The van der Waals surface area contributed by atoms with Crippen LogP contribution in [0.4, 0.5) is 0 Å². The molecule has 0 bridgehead atoms. The van der Waals surface area contributed by atoms with Crippen LogP contribution in [0, 0.1) is 11.8 Å². The van der Waals surface area contributed by atoms with Crippen LogP contribution in [0.3, 0.4) is 0 Å². The Morgan fingerprint density at radius 1 is 1.10 bits per heavy atom. The molecular weight excluding hydrogens is 139 g/mol. The molecular formula is C8H18AlO. The zero-order valence-electron chi connectivity index (χ0n) is 7.55. The van der Waals surface area contributed by atoms with Crippen molar-refractivity contribution in [1.29, 1.82) is 0 Å². The Labute approximate surface area is 71.2 Å². The molecule has 0 rings (SSSR count). The SMILES string of the molecule is CC(C)C[O][Al][CH2]C(C)C. The summed E-state index contributed by atoms with van der Waals surface area (Å²) in [4.78, 5) is 0. The maximum atomic E-state index is 5.49. The molecule has 0 N–H and O–H groups in total. The summed E-state index contributed by atoms with van der Waals surface area (Å²) in [5.41, 5.74) is 0. The molecule has 0 amide bonds. The van der Waals surface area contributed by atoms with Crippen LogP contribution in [0.25, 0.3) is 0 Å². The zero-order valence-corrected chi connectivity index (χ0v) is 8.71. The van der Waals surface area contributed by atoms with Gasteiger partial charge in [-0.1, -0.05) is 38.9 Å². The first-order chi connectivity index (χ1) is 4.63. The van der Waals surface area contributed by atoms with Gasteiger partial charge in [0.05, 0.1) is 0 Å². The molecule has 0 saturated carbocycles. The smallest absolute Gasteiger partial charge is 0.423 e. The Hall–Kier alpha value is 0.492. The zero-order chi connectivity index (χ0) is 7.98. The van der Waals surface area contributed by atoms with Crippen LogP contribution in [-0.2, 0) is 3.79 Å². The summed E-state index contributed by atoms with van der Waals surface area (Å²) in [7, 11) is 0. The van der Waals surface area contributed by atoms with Crippen molar-refractivity contribution in [3.63, 3.8) is 0 Å². The van der Waals surface area contributed by atoms with Crippen molar-refractivity contribution in [3.05, 3.63) is 0 Å². The third-order valence-electron chi connectivity index (χ3n) is 1.12. The molecule has 0 aliphatic heterocycles. The van der Waals surface area contributed by atoms with Crippen LogP contribution < -0.4 is 0 Å². The number of hydrogen-bond acceptors (Lipinski definition) is 1. The van der Waals surface area contributed by atoms with Gasteiger partial charge in [0.2, 0.25) is 0 Å². The van der Waals surface area contributed by atoms with Gasteiger partial charge in [0.25, 0.3) is 0 Å². The molecule has 0 aromatic heterocycles. The molecule has 1 radical (unpaired) electrons. The summed E-state index contributed by atoms with van der Waals surface area (Å²) in [5.74, 6) is 1.50. The third-order valence-corrected chi connectivity index (χ3v) is 2.68. The lowest BCUT2D eigenvalue weighted by Crippen LogP contribution is -2.07. The van der Waals surface area contributed by atoms with Crippen LogP contribution in [0.2, 0.25) is 5.28 Å². The summed E-state index contributed by atoms with van der Waals surface area (Å²) in [6.45, 7) is 9.81. The summed E-state index contributed by atoms with van der Waals surface area (Å²) in [5, 5.41) is 1.27. The minimum absolute atomic E-state index is 0.263. The molecule has 0 saturated heterocycles. The monoisotopic (exact) mass is 157 g/mol. The van der Waals surface area contributed by atoms with E-state index in [1.807, 2.05) is 0 Å². The van der Waals surface area contributed by atoms with Crippen molar-refractivity contribution >= 4 is 15.6 Å². The highest BCUT2D eigenvalue weighted by molar-refractivity contribution is 6.27. The molecule has 0 atom stereocenters. The van der Waals surface area contributed by atoms with Crippen LogP contribution >= 0.6 is 0 Å². The maximum Gasteiger partial charge on any atom is 0.423 e. The molecule has 2 heteroatoms. The Balaban J connectivity index is 2.91. The van der Waals surface area contributed by atoms with Gasteiger partial charge in [0.15, 0.2) is 0 Å². The fourth-order valence-electron chi connectivity index (χ4n) is 0.521. The van der Waals surface area contributed by atoms with E-state index in [0.717, 1.165) is 12.5 Å². The highest BCUT2D eigenvalue weighted by atomic mass is 27.1. The van der Waals surface area contributed by atoms with Crippen LogP contribution in [0.5, 0.6) is 0 Å². The Morgan fingerprint density at radius 3 is 2.10 bits per heavy atom. The first-order valence-electron chi connectivity index (χ1n) is 4.06. The minimum Gasteiger partial charge on any atom is -0.507 e. The highest BCUT2D eigenvalue weighted by Crippen LogP contribution is 2.00. The molecule has 0 aliphatic rings. The number of rotatable bonds is 5. The first-order valence-corrected chi connectivity index (χ1v) is 5.35. The van der Waals surface area contributed by atoms with Crippen LogP contribution in [0.1, 0.15) is 27.7 Å². The molecule has 0 unspecified atom stereocenters. The fourth-order valence-corrected chi connectivity index (χ4v) is 1.56. The quantitative estimate of drug-likeness (QED) is 0.439. The Bertz CT molecular complexity index is 61.7. The second kappa shape index (κ2) is 6.22. The topological polar surface area (TPSA) is 9.23 Å². The lowest BCUT2D eigenvalue weighted by Gasteiger charge is -2.07. The van der Waals surface area contributed by atoms with E-state index in [2.05, 4.69) is 27.7 Å². The van der Waals surface area contributed by atoms with E-state index in [1.165, 1.54) is 5.28 Å². The van der Waals surface area contributed by atoms with Gasteiger partial charge in [-0.3, -0.25) is 0 Å². The van der Waals surface area contributed by atoms with Gasteiger partial charge < -0.3 is 3.79 Å². The molecule has 0 heterocycles. The lowest BCUT2D eigenvalue weighted by atomic mass is 10.2. The molecule has 0 aromatic rings. The van der Waals surface area contributed by atoms with E-state index in [4.69, 9.17) is 3.79 Å². The van der Waals surface area contributed by atoms with Crippen molar-refractivity contribution in [3.8, 4) is 0 Å². The van der Waals surface area contributed by atoms with E-state index < -0.39 is 0 Å². The van der Waals surface area contributed by atoms with Crippen molar-refractivity contribution in [2.75, 3.05) is 6.61 Å². The summed E-state index contributed by atoms with van der Waals surface area (Å²) < 4.78 is 5.49. The van der Waals surface area contributed by atoms with E-state index in [0.29, 0.717) is 5.92 Å². The average molecular weight is 157 g/mol. The van der Waals surface area contributed by atoms with Gasteiger partial charge in [-0.25, -0.2) is 0 Å². The van der Waals surface area contributed by atoms with Crippen molar-refractivity contribution in [2.45, 2.75) is 33.0 Å². The van der Waals surface area contributed by atoms with Gasteiger partial charge in [-0.15, -0.1) is 0 Å². The van der Waals surface area contributed by atoms with Gasteiger partial charge in [0.1, 0.15) is 0 Å². The van der Waals surface area contributed by atoms with Crippen LogP contribution in [-0.4, -0.2) is 22.2 Å². The van der Waals surface area contributed by atoms with E-state index >= 15 is 0 Å². The van der Waals surface area contributed by atoms with Gasteiger partial charge in [-0.2, -0.15) is 0 Å². The molecule has 59 valence electrons. The predicted molar refractivity (Wildman–Crippen MR) is 46.2 cm³/mol. The normalized spacial score (nSPS) is 11.0. The largest absolute Gasteiger partial charge is 0.507 e. The predicted octanol–water partition coefficient (Wildman–Crippen LogP) is 2.35. The molecule has 0 fully saturated rings. The standard InChI is InChI=1S/C4H9O.C4H9.Al/c1-4(2)3-5;1-4(2)3;/h4H,3H2,1-2H3;4H,1H2,2-3H3;/q-1;;+1. The minimum atomic E-state index is 0.263. The van der Waals surface area contributed by atoms with Crippen molar-refractivity contribution < 1.29 is 3.79 Å². The molecule has 1 nitrogen and oxygen atoms in total. The molecule has 0 aliphatic carbocycles. The van der Waals surface area contributed by atoms with Gasteiger partial charge in [0, 0.05) is 6.61 Å². The van der Waals surface area contributed by atoms with E-state index in [1.54, 1.807) is 0 Å². The van der Waals surface area contributed by atoms with Gasteiger partial charge in [-0.05, 0) is 5.92 Å². The Morgan fingerprint density at radius 2 is 1.70 bits per heavy atom. The fraction of sp³-hybridized carbons (Fsp3) is 1.00. The summed E-state index contributed by atoms with van der Waals surface area (Å²) in [6.07, 6.45) is 0.